The molecule has 0 aliphatic carbocycles. The standard InChI is InChI=1S/C30H36BrN3O5S/c1-21(2)18-32-30(36)23(4)33(19-24-10-9-11-25(31)17-24)29(35)20-34(27-16-22(3)14-15-28(27)39-5)40(37,38)26-12-7-6-8-13-26/h6-17,21,23H,18-20H2,1-5H3,(H,32,36). The minimum atomic E-state index is -4.18. The van der Waals surface area contributed by atoms with Crippen LogP contribution in [-0.4, -0.2) is 51.4 Å². The number of amides is 2. The van der Waals surface area contributed by atoms with Gasteiger partial charge in [-0.1, -0.05) is 66.2 Å². The SMILES string of the molecule is COc1ccc(C)cc1N(CC(=O)N(Cc1cccc(Br)c1)C(C)C(=O)NCC(C)C)S(=O)(=O)c1ccccc1. The normalized spacial score (nSPS) is 12.1. The van der Waals surface area contributed by atoms with E-state index in [1.54, 1.807) is 43.3 Å². The zero-order chi connectivity index (χ0) is 29.4. The predicted molar refractivity (Wildman–Crippen MR) is 161 cm³/mol. The van der Waals surface area contributed by atoms with Crippen LogP contribution in [0.5, 0.6) is 5.75 Å². The van der Waals surface area contributed by atoms with Crippen LogP contribution >= 0.6 is 15.9 Å². The van der Waals surface area contributed by atoms with Crippen molar-refractivity contribution in [2.75, 3.05) is 24.5 Å². The summed E-state index contributed by atoms with van der Waals surface area (Å²) >= 11 is 3.46. The predicted octanol–water partition coefficient (Wildman–Crippen LogP) is 5.15. The molecule has 0 saturated heterocycles. The van der Waals surface area contributed by atoms with E-state index in [0.717, 1.165) is 19.9 Å². The summed E-state index contributed by atoms with van der Waals surface area (Å²) in [5.74, 6) is -0.317. The van der Waals surface area contributed by atoms with E-state index < -0.39 is 28.5 Å². The second kappa shape index (κ2) is 13.8. The Kier molecular flexibility index (Phi) is 10.8. The van der Waals surface area contributed by atoms with Gasteiger partial charge in [-0.25, -0.2) is 8.42 Å². The van der Waals surface area contributed by atoms with Crippen molar-refractivity contribution in [2.24, 2.45) is 5.92 Å². The first-order valence-corrected chi connectivity index (χ1v) is 15.2. The zero-order valence-corrected chi connectivity index (χ0v) is 25.8. The van der Waals surface area contributed by atoms with Gasteiger partial charge in [-0.15, -0.1) is 0 Å². The Morgan fingerprint density at radius 2 is 1.68 bits per heavy atom. The topological polar surface area (TPSA) is 96.0 Å². The summed E-state index contributed by atoms with van der Waals surface area (Å²) in [5.41, 5.74) is 1.82. The van der Waals surface area contributed by atoms with Crippen LogP contribution in [0.3, 0.4) is 0 Å². The number of sulfonamides is 1. The number of carbonyl (C=O) groups is 2. The lowest BCUT2D eigenvalue weighted by Crippen LogP contribution is -2.51. The summed E-state index contributed by atoms with van der Waals surface area (Å²) < 4.78 is 35.3. The van der Waals surface area contributed by atoms with Gasteiger partial charge in [0.25, 0.3) is 10.0 Å². The molecule has 1 N–H and O–H groups in total. The average Bonchev–Trinajstić information content (AvgIpc) is 2.93. The van der Waals surface area contributed by atoms with E-state index in [1.807, 2.05) is 45.0 Å². The lowest BCUT2D eigenvalue weighted by Gasteiger charge is -2.32. The third-order valence-corrected chi connectivity index (χ3v) is 8.57. The number of halogens is 1. The molecule has 0 saturated carbocycles. The molecule has 3 rings (SSSR count). The monoisotopic (exact) mass is 629 g/mol. The van der Waals surface area contributed by atoms with Crippen molar-refractivity contribution in [3.8, 4) is 5.75 Å². The summed E-state index contributed by atoms with van der Waals surface area (Å²) in [5, 5.41) is 2.89. The van der Waals surface area contributed by atoms with Crippen molar-refractivity contribution in [1.82, 2.24) is 10.2 Å². The molecule has 0 aliphatic heterocycles. The Morgan fingerprint density at radius 3 is 2.30 bits per heavy atom. The van der Waals surface area contributed by atoms with E-state index in [1.165, 1.54) is 24.1 Å². The summed E-state index contributed by atoms with van der Waals surface area (Å²) in [6.45, 7) is 7.48. The summed E-state index contributed by atoms with van der Waals surface area (Å²) in [6.07, 6.45) is 0. The fourth-order valence-corrected chi connectivity index (χ4v) is 5.98. The Bertz CT molecular complexity index is 1430. The van der Waals surface area contributed by atoms with Gasteiger partial charge in [-0.05, 0) is 67.3 Å². The number of hydrogen-bond donors (Lipinski definition) is 1. The highest BCUT2D eigenvalue weighted by atomic mass is 79.9. The van der Waals surface area contributed by atoms with Gasteiger partial charge in [0.05, 0.1) is 17.7 Å². The molecule has 3 aromatic rings. The fraction of sp³-hybridized carbons (Fsp3) is 0.333. The van der Waals surface area contributed by atoms with Crippen LogP contribution in [0.1, 0.15) is 31.9 Å². The molecule has 10 heteroatoms. The van der Waals surface area contributed by atoms with Crippen LogP contribution in [0, 0.1) is 12.8 Å². The number of ether oxygens (including phenoxy) is 1. The number of methoxy groups -OCH3 is 1. The number of nitrogens with one attached hydrogen (secondary N) is 1. The lowest BCUT2D eigenvalue weighted by molar-refractivity contribution is -0.139. The molecule has 1 unspecified atom stereocenters. The van der Waals surface area contributed by atoms with Crippen molar-refractivity contribution in [1.29, 1.82) is 0 Å². The molecule has 0 radical (unpaired) electrons. The first kappa shape index (κ1) is 31.2. The molecule has 0 aliphatic rings. The van der Waals surface area contributed by atoms with Gasteiger partial charge in [0.15, 0.2) is 0 Å². The number of rotatable bonds is 12. The van der Waals surface area contributed by atoms with Gasteiger partial charge in [0.2, 0.25) is 11.8 Å². The number of benzene rings is 3. The zero-order valence-electron chi connectivity index (χ0n) is 23.4. The second-order valence-electron chi connectivity index (χ2n) is 9.97. The Morgan fingerprint density at radius 1 is 0.975 bits per heavy atom. The van der Waals surface area contributed by atoms with Crippen LogP contribution in [0.2, 0.25) is 0 Å². The van der Waals surface area contributed by atoms with E-state index in [0.29, 0.717) is 12.3 Å². The van der Waals surface area contributed by atoms with E-state index in [2.05, 4.69) is 21.2 Å². The molecule has 0 heterocycles. The number of anilines is 1. The van der Waals surface area contributed by atoms with Gasteiger partial charge < -0.3 is 15.0 Å². The number of aryl methyl sites for hydroxylation is 1. The fourth-order valence-electron chi connectivity index (χ4n) is 4.09. The molecule has 0 bridgehead atoms. The first-order chi connectivity index (χ1) is 18.9. The minimum Gasteiger partial charge on any atom is -0.495 e. The Balaban J connectivity index is 2.07. The molecule has 0 aromatic heterocycles. The maximum absolute atomic E-state index is 14.1. The van der Waals surface area contributed by atoms with E-state index in [4.69, 9.17) is 4.74 Å². The maximum Gasteiger partial charge on any atom is 0.264 e. The van der Waals surface area contributed by atoms with Gasteiger partial charge >= 0.3 is 0 Å². The summed E-state index contributed by atoms with van der Waals surface area (Å²) in [6, 6.07) is 19.7. The van der Waals surface area contributed by atoms with Crippen molar-refractivity contribution >= 4 is 43.5 Å². The molecular formula is C30H36BrN3O5S. The third-order valence-electron chi connectivity index (χ3n) is 6.31. The molecule has 40 heavy (non-hydrogen) atoms. The Hall–Kier alpha value is -3.37. The highest BCUT2D eigenvalue weighted by Crippen LogP contribution is 2.33. The lowest BCUT2D eigenvalue weighted by atomic mass is 10.1. The summed E-state index contributed by atoms with van der Waals surface area (Å²) in [4.78, 5) is 28.6. The van der Waals surface area contributed by atoms with E-state index >= 15 is 0 Å². The molecule has 3 aromatic carbocycles. The van der Waals surface area contributed by atoms with Gasteiger partial charge in [0.1, 0.15) is 18.3 Å². The smallest absolute Gasteiger partial charge is 0.264 e. The maximum atomic E-state index is 14.1. The molecular weight excluding hydrogens is 594 g/mol. The largest absolute Gasteiger partial charge is 0.495 e. The molecule has 8 nitrogen and oxygen atoms in total. The first-order valence-electron chi connectivity index (χ1n) is 13.0. The Labute approximate surface area is 245 Å². The van der Waals surface area contributed by atoms with Gasteiger partial charge in [-0.3, -0.25) is 13.9 Å². The molecule has 0 spiro atoms. The highest BCUT2D eigenvalue weighted by Gasteiger charge is 2.33. The average molecular weight is 631 g/mol. The number of hydrogen-bond acceptors (Lipinski definition) is 5. The van der Waals surface area contributed by atoms with Crippen LogP contribution in [-0.2, 0) is 26.2 Å². The van der Waals surface area contributed by atoms with Crippen LogP contribution in [0.4, 0.5) is 5.69 Å². The van der Waals surface area contributed by atoms with Crippen LogP contribution in [0.25, 0.3) is 0 Å². The highest BCUT2D eigenvalue weighted by molar-refractivity contribution is 9.10. The van der Waals surface area contributed by atoms with Gasteiger partial charge in [-0.2, -0.15) is 0 Å². The van der Waals surface area contributed by atoms with Crippen molar-refractivity contribution < 1.29 is 22.7 Å². The summed E-state index contributed by atoms with van der Waals surface area (Å²) in [7, 11) is -2.73. The minimum absolute atomic E-state index is 0.0348. The molecule has 1 atom stereocenters. The molecule has 214 valence electrons. The quantitative estimate of drug-likeness (QED) is 0.299. The van der Waals surface area contributed by atoms with E-state index in [9.17, 15) is 18.0 Å². The third kappa shape index (κ3) is 7.85. The van der Waals surface area contributed by atoms with Crippen LogP contribution < -0.4 is 14.4 Å². The molecule has 2 amide bonds. The molecule has 0 fully saturated rings. The number of nitrogens with zero attached hydrogens (tertiary/aromatic N) is 2. The number of carbonyl (C=O) groups excluding carboxylic acids is 2. The van der Waals surface area contributed by atoms with Crippen molar-refractivity contribution in [3.63, 3.8) is 0 Å². The van der Waals surface area contributed by atoms with Crippen LogP contribution in [0.15, 0.2) is 82.2 Å². The van der Waals surface area contributed by atoms with Crippen molar-refractivity contribution in [3.05, 3.63) is 88.4 Å². The van der Waals surface area contributed by atoms with Crippen molar-refractivity contribution in [2.45, 2.75) is 45.2 Å². The van der Waals surface area contributed by atoms with Gasteiger partial charge in [0, 0.05) is 17.6 Å². The second-order valence-corrected chi connectivity index (χ2v) is 12.7. The van der Waals surface area contributed by atoms with E-state index in [-0.39, 0.29) is 29.0 Å².